The third-order valence-corrected chi connectivity index (χ3v) is 3.46. The molecule has 0 spiro atoms. The van der Waals surface area contributed by atoms with E-state index in [-0.39, 0.29) is 6.09 Å². The summed E-state index contributed by atoms with van der Waals surface area (Å²) < 4.78 is 6.28. The Bertz CT molecular complexity index is 464. The summed E-state index contributed by atoms with van der Waals surface area (Å²) in [6.45, 7) is 6.99. The van der Waals surface area contributed by atoms with Crippen LogP contribution in [0.4, 0.5) is 4.79 Å². The summed E-state index contributed by atoms with van der Waals surface area (Å²) >= 11 is 3.31. The van der Waals surface area contributed by atoms with Crippen molar-refractivity contribution in [3.05, 3.63) is 28.5 Å². The van der Waals surface area contributed by atoms with Crippen molar-refractivity contribution in [2.75, 3.05) is 6.54 Å². The summed E-state index contributed by atoms with van der Waals surface area (Å²) in [7, 11) is 0. The van der Waals surface area contributed by atoms with Crippen molar-refractivity contribution in [3.63, 3.8) is 0 Å². The lowest BCUT2D eigenvalue weighted by Crippen LogP contribution is -2.37. The van der Waals surface area contributed by atoms with Crippen molar-refractivity contribution in [2.45, 2.75) is 45.8 Å². The molecule has 4 nitrogen and oxygen atoms in total. The molecule has 2 rings (SSSR count). The highest BCUT2D eigenvalue weighted by Crippen LogP contribution is 2.30. The van der Waals surface area contributed by atoms with Gasteiger partial charge >= 0.3 is 6.09 Å². The SMILES string of the molecule is CC(C)(C)OC(=O)N(Cc1ccc(Br)nc1)CC1CC1. The van der Waals surface area contributed by atoms with Crippen LogP contribution in [0.25, 0.3) is 0 Å². The maximum Gasteiger partial charge on any atom is 0.410 e. The number of nitrogens with zero attached hydrogens (tertiary/aromatic N) is 2. The number of carbonyl (C=O) groups excluding carboxylic acids is 1. The number of pyridine rings is 1. The average Bonchev–Trinajstić information content (AvgIpc) is 3.13. The molecule has 1 amide bonds. The second kappa shape index (κ2) is 6.12. The van der Waals surface area contributed by atoms with E-state index < -0.39 is 5.60 Å². The Morgan fingerprint density at radius 3 is 2.65 bits per heavy atom. The van der Waals surface area contributed by atoms with Crippen LogP contribution >= 0.6 is 15.9 Å². The van der Waals surface area contributed by atoms with Gasteiger partial charge in [-0.1, -0.05) is 6.07 Å². The van der Waals surface area contributed by atoms with E-state index in [9.17, 15) is 4.79 Å². The van der Waals surface area contributed by atoms with Gasteiger partial charge < -0.3 is 9.64 Å². The first-order valence-corrected chi connectivity index (χ1v) is 7.71. The third kappa shape index (κ3) is 5.12. The van der Waals surface area contributed by atoms with E-state index in [0.717, 1.165) is 16.7 Å². The quantitative estimate of drug-likeness (QED) is 0.778. The first-order valence-electron chi connectivity index (χ1n) is 6.92. The van der Waals surface area contributed by atoms with Crippen molar-refractivity contribution in [3.8, 4) is 0 Å². The summed E-state index contributed by atoms with van der Waals surface area (Å²) in [5.74, 6) is 0.630. The molecule has 1 saturated carbocycles. The molecule has 1 aromatic rings. The molecule has 0 aromatic carbocycles. The number of hydrogen-bond acceptors (Lipinski definition) is 3. The van der Waals surface area contributed by atoms with E-state index in [4.69, 9.17) is 4.74 Å². The van der Waals surface area contributed by atoms with Crippen molar-refractivity contribution in [1.29, 1.82) is 0 Å². The molecule has 1 aliphatic rings. The zero-order chi connectivity index (χ0) is 14.8. The molecule has 110 valence electrons. The van der Waals surface area contributed by atoms with Crippen LogP contribution < -0.4 is 0 Å². The second-order valence-electron chi connectivity index (χ2n) is 6.29. The number of hydrogen-bond donors (Lipinski definition) is 0. The number of rotatable bonds is 4. The summed E-state index contributed by atoms with van der Waals surface area (Å²) in [4.78, 5) is 18.3. The second-order valence-corrected chi connectivity index (χ2v) is 7.11. The van der Waals surface area contributed by atoms with Gasteiger partial charge in [-0.15, -0.1) is 0 Å². The van der Waals surface area contributed by atoms with Crippen molar-refractivity contribution >= 4 is 22.0 Å². The van der Waals surface area contributed by atoms with E-state index in [1.807, 2.05) is 32.9 Å². The van der Waals surface area contributed by atoms with Gasteiger partial charge in [0.15, 0.2) is 0 Å². The first kappa shape index (κ1) is 15.3. The Labute approximate surface area is 128 Å². The minimum atomic E-state index is -0.461. The van der Waals surface area contributed by atoms with Gasteiger partial charge in [-0.3, -0.25) is 0 Å². The Hall–Kier alpha value is -1.10. The van der Waals surface area contributed by atoms with Gasteiger partial charge in [0.2, 0.25) is 0 Å². The molecule has 0 radical (unpaired) electrons. The van der Waals surface area contributed by atoms with Crippen LogP contribution in [-0.2, 0) is 11.3 Å². The molecule has 1 aromatic heterocycles. The highest BCUT2D eigenvalue weighted by molar-refractivity contribution is 9.10. The highest BCUT2D eigenvalue weighted by Gasteiger charge is 2.29. The monoisotopic (exact) mass is 340 g/mol. The lowest BCUT2D eigenvalue weighted by molar-refractivity contribution is 0.0224. The Kier molecular flexibility index (Phi) is 4.68. The number of carbonyl (C=O) groups is 1. The third-order valence-electron chi connectivity index (χ3n) is 2.99. The molecule has 1 fully saturated rings. The van der Waals surface area contributed by atoms with Gasteiger partial charge in [0, 0.05) is 12.7 Å². The van der Waals surface area contributed by atoms with Crippen molar-refractivity contribution in [2.24, 2.45) is 5.92 Å². The summed E-state index contributed by atoms with van der Waals surface area (Å²) in [6.07, 6.45) is 3.96. The lowest BCUT2D eigenvalue weighted by atomic mass is 10.2. The zero-order valence-electron chi connectivity index (χ0n) is 12.2. The van der Waals surface area contributed by atoms with E-state index in [1.54, 1.807) is 11.1 Å². The maximum absolute atomic E-state index is 12.3. The van der Waals surface area contributed by atoms with Gasteiger partial charge in [0.05, 0.1) is 6.54 Å². The largest absolute Gasteiger partial charge is 0.444 e. The van der Waals surface area contributed by atoms with E-state index in [2.05, 4.69) is 20.9 Å². The van der Waals surface area contributed by atoms with E-state index in [1.165, 1.54) is 12.8 Å². The molecule has 20 heavy (non-hydrogen) atoms. The van der Waals surface area contributed by atoms with Crippen LogP contribution in [0.2, 0.25) is 0 Å². The molecular weight excluding hydrogens is 320 g/mol. The van der Waals surface area contributed by atoms with Gasteiger partial charge in [0.1, 0.15) is 10.2 Å². The summed E-state index contributed by atoms with van der Waals surface area (Å²) in [5.41, 5.74) is 0.552. The summed E-state index contributed by atoms with van der Waals surface area (Å²) in [5, 5.41) is 0. The van der Waals surface area contributed by atoms with E-state index >= 15 is 0 Å². The summed E-state index contributed by atoms with van der Waals surface area (Å²) in [6, 6.07) is 3.86. The lowest BCUT2D eigenvalue weighted by Gasteiger charge is -2.27. The highest BCUT2D eigenvalue weighted by atomic mass is 79.9. The van der Waals surface area contributed by atoms with Crippen LogP contribution in [0.1, 0.15) is 39.2 Å². The number of halogens is 1. The first-order chi connectivity index (χ1) is 9.33. The molecule has 0 bridgehead atoms. The molecule has 0 N–H and O–H groups in total. The fourth-order valence-electron chi connectivity index (χ4n) is 1.86. The Balaban J connectivity index is 2.02. The Morgan fingerprint density at radius 2 is 2.15 bits per heavy atom. The van der Waals surface area contributed by atoms with Gasteiger partial charge in [0.25, 0.3) is 0 Å². The molecular formula is C15H21BrN2O2. The fraction of sp³-hybridized carbons (Fsp3) is 0.600. The predicted molar refractivity (Wildman–Crippen MR) is 81.3 cm³/mol. The fourth-order valence-corrected chi connectivity index (χ4v) is 2.10. The standard InChI is InChI=1S/C15H21BrN2O2/c1-15(2,3)20-14(19)18(9-11-4-5-11)10-12-6-7-13(16)17-8-12/h6-8,11H,4-5,9-10H2,1-3H3. The molecule has 0 saturated heterocycles. The number of ether oxygens (including phenoxy) is 1. The minimum Gasteiger partial charge on any atom is -0.444 e. The maximum atomic E-state index is 12.3. The van der Waals surface area contributed by atoms with Gasteiger partial charge in [-0.05, 0) is 67.1 Å². The number of amides is 1. The minimum absolute atomic E-state index is 0.243. The van der Waals surface area contributed by atoms with E-state index in [0.29, 0.717) is 12.5 Å². The number of aromatic nitrogens is 1. The predicted octanol–water partition coefficient (Wildman–Crippen LogP) is 3.99. The molecule has 0 atom stereocenters. The smallest absolute Gasteiger partial charge is 0.410 e. The van der Waals surface area contributed by atoms with Gasteiger partial charge in [-0.25, -0.2) is 9.78 Å². The molecule has 0 aliphatic heterocycles. The zero-order valence-corrected chi connectivity index (χ0v) is 13.8. The van der Waals surface area contributed by atoms with Crippen molar-refractivity contribution in [1.82, 2.24) is 9.88 Å². The van der Waals surface area contributed by atoms with Crippen LogP contribution in [0.3, 0.4) is 0 Å². The van der Waals surface area contributed by atoms with Crippen molar-refractivity contribution < 1.29 is 9.53 Å². The molecule has 1 heterocycles. The molecule has 0 unspecified atom stereocenters. The van der Waals surface area contributed by atoms with Crippen LogP contribution in [0.5, 0.6) is 0 Å². The molecule has 5 heteroatoms. The Morgan fingerprint density at radius 1 is 1.45 bits per heavy atom. The van der Waals surface area contributed by atoms with Gasteiger partial charge in [-0.2, -0.15) is 0 Å². The topological polar surface area (TPSA) is 42.4 Å². The van der Waals surface area contributed by atoms with Crippen LogP contribution in [0, 0.1) is 5.92 Å². The average molecular weight is 341 g/mol. The molecule has 1 aliphatic carbocycles. The van der Waals surface area contributed by atoms with Crippen LogP contribution in [-0.4, -0.2) is 28.1 Å². The normalized spacial score (nSPS) is 15.0. The van der Waals surface area contributed by atoms with Crippen LogP contribution in [0.15, 0.2) is 22.9 Å².